The second kappa shape index (κ2) is 10.9. The Balaban J connectivity index is 1.39. The quantitative estimate of drug-likeness (QED) is 0.478. The van der Waals surface area contributed by atoms with Crippen molar-refractivity contribution < 1.29 is 27.8 Å². The molecule has 0 saturated carbocycles. The number of fused-ring (bicyclic) bond motifs is 1. The van der Waals surface area contributed by atoms with E-state index < -0.39 is 6.36 Å². The summed E-state index contributed by atoms with van der Waals surface area (Å²) < 4.78 is 40.6. The minimum absolute atomic E-state index is 0.147. The van der Waals surface area contributed by atoms with Crippen LogP contribution in [0.4, 0.5) is 24.8 Å². The SMILES string of the molecule is Cc1nc(N2CCN(CCO)CC2)nc2ccc(NC(=O)/C=C/c3ccc(OC(F)(F)F)cc3)cc12. The van der Waals surface area contributed by atoms with Crippen LogP contribution in [0.2, 0.25) is 0 Å². The normalized spacial score (nSPS) is 15.0. The molecule has 36 heavy (non-hydrogen) atoms. The number of aryl methyl sites for hydroxylation is 1. The molecule has 4 rings (SSSR count). The molecule has 0 bridgehead atoms. The van der Waals surface area contributed by atoms with Gasteiger partial charge in [-0.3, -0.25) is 9.69 Å². The van der Waals surface area contributed by atoms with Gasteiger partial charge in [0.15, 0.2) is 0 Å². The van der Waals surface area contributed by atoms with Crippen molar-refractivity contribution in [3.63, 3.8) is 0 Å². The van der Waals surface area contributed by atoms with Crippen molar-refractivity contribution in [2.45, 2.75) is 13.3 Å². The fourth-order valence-corrected chi connectivity index (χ4v) is 3.93. The third-order valence-corrected chi connectivity index (χ3v) is 5.75. The van der Waals surface area contributed by atoms with Crippen LogP contribution in [0.3, 0.4) is 0 Å². The molecule has 1 aliphatic rings. The number of halogens is 3. The van der Waals surface area contributed by atoms with Gasteiger partial charge in [-0.1, -0.05) is 12.1 Å². The predicted molar refractivity (Wildman–Crippen MR) is 131 cm³/mol. The van der Waals surface area contributed by atoms with Gasteiger partial charge in [0, 0.05) is 49.9 Å². The average Bonchev–Trinajstić information content (AvgIpc) is 2.84. The van der Waals surface area contributed by atoms with Gasteiger partial charge in [0.05, 0.1) is 17.8 Å². The number of amides is 1. The minimum atomic E-state index is -4.75. The van der Waals surface area contributed by atoms with Crippen molar-refractivity contribution in [1.82, 2.24) is 14.9 Å². The van der Waals surface area contributed by atoms with Gasteiger partial charge in [-0.15, -0.1) is 13.2 Å². The van der Waals surface area contributed by atoms with Crippen LogP contribution in [0.5, 0.6) is 5.75 Å². The first-order valence-corrected chi connectivity index (χ1v) is 11.4. The van der Waals surface area contributed by atoms with Crippen LogP contribution in [0.1, 0.15) is 11.3 Å². The first-order chi connectivity index (χ1) is 17.2. The van der Waals surface area contributed by atoms with E-state index in [0.717, 1.165) is 42.8 Å². The molecule has 2 heterocycles. The summed E-state index contributed by atoms with van der Waals surface area (Å²) in [6.07, 6.45) is -1.96. The van der Waals surface area contributed by atoms with Crippen LogP contribution >= 0.6 is 0 Å². The number of ether oxygens (including phenoxy) is 1. The zero-order valence-corrected chi connectivity index (χ0v) is 19.6. The zero-order chi connectivity index (χ0) is 25.7. The highest BCUT2D eigenvalue weighted by atomic mass is 19.4. The van der Waals surface area contributed by atoms with Crippen LogP contribution < -0.4 is 15.0 Å². The molecule has 190 valence electrons. The molecule has 1 saturated heterocycles. The first-order valence-electron chi connectivity index (χ1n) is 11.4. The standard InChI is InChI=1S/C25H26F3N5O3/c1-17-21-16-19(30-23(35)9-4-18-2-6-20(7-3-18)36-25(26,27)28)5-8-22(21)31-24(29-17)33-12-10-32(11-13-33)14-15-34/h2-9,16,34H,10-15H2,1H3,(H,30,35)/b9-4+. The second-order valence-electron chi connectivity index (χ2n) is 8.33. The van der Waals surface area contributed by atoms with Crippen LogP contribution in [0.15, 0.2) is 48.5 Å². The van der Waals surface area contributed by atoms with Gasteiger partial charge < -0.3 is 20.1 Å². The van der Waals surface area contributed by atoms with E-state index >= 15 is 0 Å². The third kappa shape index (κ3) is 6.70. The van der Waals surface area contributed by atoms with Crippen molar-refractivity contribution in [3.8, 4) is 5.75 Å². The number of anilines is 2. The van der Waals surface area contributed by atoms with Gasteiger partial charge in [-0.05, 0) is 48.9 Å². The Kier molecular flexibility index (Phi) is 7.70. The van der Waals surface area contributed by atoms with Crippen molar-refractivity contribution in [2.24, 2.45) is 0 Å². The lowest BCUT2D eigenvalue weighted by Crippen LogP contribution is -2.47. The molecule has 0 atom stereocenters. The van der Waals surface area contributed by atoms with E-state index in [2.05, 4.69) is 24.8 Å². The van der Waals surface area contributed by atoms with Crippen molar-refractivity contribution in [1.29, 1.82) is 0 Å². The molecule has 8 nitrogen and oxygen atoms in total. The van der Waals surface area contributed by atoms with Crippen molar-refractivity contribution in [3.05, 3.63) is 59.8 Å². The summed E-state index contributed by atoms with van der Waals surface area (Å²) >= 11 is 0. The van der Waals surface area contributed by atoms with Gasteiger partial charge in [-0.2, -0.15) is 0 Å². The highest BCUT2D eigenvalue weighted by Gasteiger charge is 2.30. The maximum absolute atomic E-state index is 12.4. The fraction of sp³-hybridized carbons (Fsp3) is 0.320. The number of rotatable bonds is 7. The fourth-order valence-electron chi connectivity index (χ4n) is 3.93. The van der Waals surface area contributed by atoms with E-state index in [1.807, 2.05) is 19.1 Å². The molecule has 2 N–H and O–H groups in total. The lowest BCUT2D eigenvalue weighted by atomic mass is 10.1. The number of carbonyl (C=O) groups is 1. The molecule has 0 radical (unpaired) electrons. The van der Waals surface area contributed by atoms with E-state index in [1.54, 1.807) is 6.07 Å². The number of benzene rings is 2. The molecule has 0 aliphatic carbocycles. The molecule has 0 spiro atoms. The second-order valence-corrected chi connectivity index (χ2v) is 8.33. The number of nitrogens with zero attached hydrogens (tertiary/aromatic N) is 4. The number of hydrogen-bond donors (Lipinski definition) is 2. The Morgan fingerprint density at radius 2 is 1.83 bits per heavy atom. The number of nitrogens with one attached hydrogen (secondary N) is 1. The number of carbonyl (C=O) groups excluding carboxylic acids is 1. The number of aliphatic hydroxyl groups excluding tert-OH is 1. The predicted octanol–water partition coefficient (Wildman–Crippen LogP) is 3.60. The molecule has 2 aromatic carbocycles. The molecular formula is C25H26F3N5O3. The molecule has 11 heteroatoms. The topological polar surface area (TPSA) is 90.8 Å². The summed E-state index contributed by atoms with van der Waals surface area (Å²) in [4.78, 5) is 26.1. The summed E-state index contributed by atoms with van der Waals surface area (Å²) in [5, 5.41) is 12.7. The van der Waals surface area contributed by atoms with Gasteiger partial charge >= 0.3 is 6.36 Å². The van der Waals surface area contributed by atoms with Gasteiger partial charge in [0.25, 0.3) is 0 Å². The van der Waals surface area contributed by atoms with Crippen LogP contribution in [-0.2, 0) is 4.79 Å². The largest absolute Gasteiger partial charge is 0.573 e. The maximum Gasteiger partial charge on any atom is 0.573 e. The molecule has 1 fully saturated rings. The van der Waals surface area contributed by atoms with Crippen LogP contribution in [0, 0.1) is 6.92 Å². The highest BCUT2D eigenvalue weighted by molar-refractivity contribution is 6.03. The Hall–Kier alpha value is -3.70. The van der Waals surface area contributed by atoms with E-state index in [-0.39, 0.29) is 18.3 Å². The average molecular weight is 502 g/mol. The first kappa shape index (κ1) is 25.4. The van der Waals surface area contributed by atoms with Crippen LogP contribution in [0.25, 0.3) is 17.0 Å². The molecular weight excluding hydrogens is 475 g/mol. The molecule has 1 aliphatic heterocycles. The lowest BCUT2D eigenvalue weighted by molar-refractivity contribution is -0.274. The zero-order valence-electron chi connectivity index (χ0n) is 19.6. The molecule has 0 unspecified atom stereocenters. The smallest absolute Gasteiger partial charge is 0.406 e. The molecule has 3 aromatic rings. The number of hydrogen-bond acceptors (Lipinski definition) is 7. The van der Waals surface area contributed by atoms with E-state index in [0.29, 0.717) is 23.7 Å². The summed E-state index contributed by atoms with van der Waals surface area (Å²) in [7, 11) is 0. The Bertz CT molecular complexity index is 1240. The van der Waals surface area contributed by atoms with Crippen LogP contribution in [-0.4, -0.2) is 71.6 Å². The summed E-state index contributed by atoms with van der Waals surface area (Å²) in [5.41, 5.74) is 2.68. The Labute approximate surface area is 206 Å². The van der Waals surface area contributed by atoms with Gasteiger partial charge in [0.1, 0.15) is 5.75 Å². The van der Waals surface area contributed by atoms with Gasteiger partial charge in [-0.25, -0.2) is 9.97 Å². The Morgan fingerprint density at radius 3 is 2.50 bits per heavy atom. The monoisotopic (exact) mass is 501 g/mol. The summed E-state index contributed by atoms with van der Waals surface area (Å²) in [5.74, 6) is -0.0547. The number of aromatic nitrogens is 2. The number of piperazine rings is 1. The van der Waals surface area contributed by atoms with Crippen molar-refractivity contribution in [2.75, 3.05) is 49.5 Å². The third-order valence-electron chi connectivity index (χ3n) is 5.75. The Morgan fingerprint density at radius 1 is 1.11 bits per heavy atom. The minimum Gasteiger partial charge on any atom is -0.406 e. The molecule has 1 amide bonds. The van der Waals surface area contributed by atoms with Gasteiger partial charge in [0.2, 0.25) is 11.9 Å². The number of alkyl halides is 3. The van der Waals surface area contributed by atoms with E-state index in [9.17, 15) is 18.0 Å². The van der Waals surface area contributed by atoms with E-state index in [1.165, 1.54) is 36.4 Å². The lowest BCUT2D eigenvalue weighted by Gasteiger charge is -2.34. The van der Waals surface area contributed by atoms with Crippen molar-refractivity contribution >= 4 is 34.5 Å². The number of β-amino-alcohol motifs (C(OH)–C–C–N with tert-alkyl or cyclic N) is 1. The summed E-state index contributed by atoms with van der Waals surface area (Å²) in [6.45, 7) is 5.95. The summed E-state index contributed by atoms with van der Waals surface area (Å²) in [6, 6.07) is 10.6. The maximum atomic E-state index is 12.4. The number of aliphatic hydroxyl groups is 1. The molecule has 1 aromatic heterocycles. The highest BCUT2D eigenvalue weighted by Crippen LogP contribution is 2.25. The van der Waals surface area contributed by atoms with E-state index in [4.69, 9.17) is 10.1 Å².